The maximum atomic E-state index is 13.2. The molecule has 0 amide bonds. The third-order valence-corrected chi connectivity index (χ3v) is 4.70. The zero-order valence-corrected chi connectivity index (χ0v) is 17.2. The minimum Gasteiger partial charge on any atom is -0.508 e. The van der Waals surface area contributed by atoms with Crippen molar-refractivity contribution in [1.82, 2.24) is 9.55 Å². The van der Waals surface area contributed by atoms with Crippen LogP contribution in [0, 0.1) is 13.8 Å². The predicted octanol–water partition coefficient (Wildman–Crippen LogP) is 2.96. The van der Waals surface area contributed by atoms with Gasteiger partial charge in [0.15, 0.2) is 5.56 Å². The average molecular weight is 409 g/mol. The lowest BCUT2D eigenvalue weighted by Gasteiger charge is -2.16. The van der Waals surface area contributed by atoms with Gasteiger partial charge in [0.05, 0.1) is 19.9 Å². The summed E-state index contributed by atoms with van der Waals surface area (Å²) < 4.78 is 11.2. The van der Waals surface area contributed by atoms with Crippen molar-refractivity contribution in [3.05, 3.63) is 75.3 Å². The van der Waals surface area contributed by atoms with Gasteiger partial charge in [-0.1, -0.05) is 12.1 Å². The number of nitrogens with one attached hydrogen (secondary N) is 1. The molecule has 0 saturated carbocycles. The van der Waals surface area contributed by atoms with E-state index in [1.54, 1.807) is 33.1 Å². The van der Waals surface area contributed by atoms with Crippen LogP contribution in [0.15, 0.2) is 47.5 Å². The lowest BCUT2D eigenvalue weighted by atomic mass is 10.1. The van der Waals surface area contributed by atoms with Crippen LogP contribution in [0.3, 0.4) is 0 Å². The highest BCUT2D eigenvalue weighted by atomic mass is 16.5. The molecule has 156 valence electrons. The van der Waals surface area contributed by atoms with Crippen LogP contribution >= 0.6 is 0 Å². The molecule has 0 radical (unpaired) electrons. The van der Waals surface area contributed by atoms with Gasteiger partial charge in [-0.05, 0) is 54.8 Å². The molecule has 3 rings (SSSR count). The number of nitrogens with zero attached hydrogens (tertiary/aromatic N) is 2. The van der Waals surface area contributed by atoms with Gasteiger partial charge in [0, 0.05) is 6.54 Å². The molecule has 8 nitrogen and oxygen atoms in total. The molecule has 0 aliphatic carbocycles. The molecule has 0 fully saturated rings. The summed E-state index contributed by atoms with van der Waals surface area (Å²) in [5.41, 5.74) is 2.06. The van der Waals surface area contributed by atoms with E-state index >= 15 is 0 Å². The SMILES string of the molecule is COC(=O)c1c(NCc2ccc(OC)cc2)ncn(-c2c(C)cc(O)cc2C)c1=O. The number of hydrogen-bond acceptors (Lipinski definition) is 7. The summed E-state index contributed by atoms with van der Waals surface area (Å²) in [6.45, 7) is 3.88. The van der Waals surface area contributed by atoms with Crippen molar-refractivity contribution in [2.45, 2.75) is 20.4 Å². The molecule has 1 heterocycles. The predicted molar refractivity (Wildman–Crippen MR) is 113 cm³/mol. The molecule has 0 aliphatic heterocycles. The van der Waals surface area contributed by atoms with Crippen molar-refractivity contribution >= 4 is 11.8 Å². The van der Waals surface area contributed by atoms with Gasteiger partial charge >= 0.3 is 5.97 Å². The Morgan fingerprint density at radius 1 is 1.13 bits per heavy atom. The number of aromatic nitrogens is 2. The molecular formula is C22H23N3O5. The fraction of sp³-hybridized carbons (Fsp3) is 0.227. The van der Waals surface area contributed by atoms with Crippen LogP contribution in [0.1, 0.15) is 27.0 Å². The summed E-state index contributed by atoms with van der Waals surface area (Å²) in [6.07, 6.45) is 1.36. The van der Waals surface area contributed by atoms with E-state index < -0.39 is 11.5 Å². The first kappa shape index (κ1) is 20.9. The van der Waals surface area contributed by atoms with E-state index in [2.05, 4.69) is 10.3 Å². The lowest BCUT2D eigenvalue weighted by molar-refractivity contribution is 0.0599. The van der Waals surface area contributed by atoms with Crippen molar-refractivity contribution in [2.75, 3.05) is 19.5 Å². The summed E-state index contributed by atoms with van der Waals surface area (Å²) in [4.78, 5) is 29.9. The Labute approximate surface area is 173 Å². The van der Waals surface area contributed by atoms with Gasteiger partial charge in [0.25, 0.3) is 5.56 Å². The van der Waals surface area contributed by atoms with Crippen LogP contribution in [0.25, 0.3) is 5.69 Å². The summed E-state index contributed by atoms with van der Waals surface area (Å²) in [5.74, 6) is 0.177. The first-order valence-electron chi connectivity index (χ1n) is 9.23. The largest absolute Gasteiger partial charge is 0.508 e. The van der Waals surface area contributed by atoms with Gasteiger partial charge in [-0.2, -0.15) is 0 Å². The Morgan fingerprint density at radius 3 is 2.33 bits per heavy atom. The van der Waals surface area contributed by atoms with E-state index in [0.29, 0.717) is 23.4 Å². The van der Waals surface area contributed by atoms with Crippen LogP contribution < -0.4 is 15.6 Å². The molecule has 3 aromatic rings. The number of esters is 1. The average Bonchev–Trinajstić information content (AvgIpc) is 2.72. The number of rotatable bonds is 6. The summed E-state index contributed by atoms with van der Waals surface area (Å²) in [5, 5.41) is 12.8. The number of ether oxygens (including phenoxy) is 2. The van der Waals surface area contributed by atoms with Crippen molar-refractivity contribution in [1.29, 1.82) is 0 Å². The monoisotopic (exact) mass is 409 g/mol. The Kier molecular flexibility index (Phi) is 6.06. The van der Waals surface area contributed by atoms with Gasteiger partial charge in [0.2, 0.25) is 0 Å². The summed E-state index contributed by atoms with van der Waals surface area (Å²) in [7, 11) is 2.80. The van der Waals surface area contributed by atoms with Crippen LogP contribution in [0.2, 0.25) is 0 Å². The maximum Gasteiger partial charge on any atom is 0.347 e. The molecular weight excluding hydrogens is 386 g/mol. The zero-order valence-electron chi connectivity index (χ0n) is 17.2. The van der Waals surface area contributed by atoms with Crippen molar-refractivity contribution in [3.8, 4) is 17.2 Å². The molecule has 0 spiro atoms. The fourth-order valence-electron chi connectivity index (χ4n) is 3.28. The zero-order chi connectivity index (χ0) is 21.8. The van der Waals surface area contributed by atoms with E-state index in [-0.39, 0.29) is 17.1 Å². The number of aryl methyl sites for hydroxylation is 2. The van der Waals surface area contributed by atoms with E-state index in [4.69, 9.17) is 9.47 Å². The number of carbonyl (C=O) groups is 1. The second-order valence-electron chi connectivity index (χ2n) is 6.76. The third-order valence-electron chi connectivity index (χ3n) is 4.70. The molecule has 8 heteroatoms. The summed E-state index contributed by atoms with van der Waals surface area (Å²) in [6, 6.07) is 10.5. The molecule has 0 saturated heterocycles. The first-order valence-corrected chi connectivity index (χ1v) is 9.23. The second kappa shape index (κ2) is 8.69. The van der Waals surface area contributed by atoms with Crippen LogP contribution in [0.4, 0.5) is 5.82 Å². The molecule has 0 unspecified atom stereocenters. The van der Waals surface area contributed by atoms with E-state index in [1.807, 2.05) is 24.3 Å². The number of carbonyl (C=O) groups excluding carboxylic acids is 1. The quantitative estimate of drug-likeness (QED) is 0.604. The van der Waals surface area contributed by atoms with Crippen LogP contribution in [0.5, 0.6) is 11.5 Å². The topological polar surface area (TPSA) is 103 Å². The van der Waals surface area contributed by atoms with Crippen molar-refractivity contribution in [2.24, 2.45) is 0 Å². The summed E-state index contributed by atoms with van der Waals surface area (Å²) >= 11 is 0. The van der Waals surface area contributed by atoms with Crippen LogP contribution in [-0.4, -0.2) is 34.8 Å². The van der Waals surface area contributed by atoms with Crippen molar-refractivity contribution in [3.63, 3.8) is 0 Å². The Bertz CT molecular complexity index is 1110. The normalized spacial score (nSPS) is 10.5. The first-order chi connectivity index (χ1) is 14.3. The smallest absolute Gasteiger partial charge is 0.347 e. The number of phenols is 1. The van der Waals surface area contributed by atoms with Gasteiger partial charge in [0.1, 0.15) is 23.6 Å². The third kappa shape index (κ3) is 4.12. The highest BCUT2D eigenvalue weighted by Crippen LogP contribution is 2.24. The van der Waals surface area contributed by atoms with Gasteiger partial charge in [-0.15, -0.1) is 0 Å². The number of phenolic OH excluding ortho intramolecular Hbond substituents is 1. The highest BCUT2D eigenvalue weighted by Gasteiger charge is 2.22. The lowest BCUT2D eigenvalue weighted by Crippen LogP contribution is -2.29. The second-order valence-corrected chi connectivity index (χ2v) is 6.76. The van der Waals surface area contributed by atoms with E-state index in [9.17, 15) is 14.7 Å². The van der Waals surface area contributed by atoms with E-state index in [0.717, 1.165) is 11.3 Å². The Hall–Kier alpha value is -3.81. The number of benzene rings is 2. The highest BCUT2D eigenvalue weighted by molar-refractivity contribution is 5.94. The maximum absolute atomic E-state index is 13.2. The molecule has 0 atom stereocenters. The molecule has 1 aromatic heterocycles. The molecule has 0 bridgehead atoms. The molecule has 2 N–H and O–H groups in total. The minimum absolute atomic E-state index is 0.0979. The van der Waals surface area contributed by atoms with Crippen molar-refractivity contribution < 1.29 is 19.4 Å². The number of aromatic hydroxyl groups is 1. The molecule has 30 heavy (non-hydrogen) atoms. The Balaban J connectivity index is 2.02. The van der Waals surface area contributed by atoms with Gasteiger partial charge in [-0.3, -0.25) is 9.36 Å². The Morgan fingerprint density at radius 2 is 1.77 bits per heavy atom. The van der Waals surface area contributed by atoms with E-state index in [1.165, 1.54) is 18.0 Å². The van der Waals surface area contributed by atoms with Gasteiger partial charge < -0.3 is 19.9 Å². The molecule has 2 aromatic carbocycles. The number of anilines is 1. The van der Waals surface area contributed by atoms with Crippen LogP contribution in [-0.2, 0) is 11.3 Å². The minimum atomic E-state index is -0.784. The number of hydrogen-bond donors (Lipinski definition) is 2. The number of methoxy groups -OCH3 is 2. The fourth-order valence-corrected chi connectivity index (χ4v) is 3.28. The van der Waals surface area contributed by atoms with Gasteiger partial charge in [-0.25, -0.2) is 9.78 Å². The standard InChI is InChI=1S/C22H23N3O5/c1-13-9-16(26)10-14(2)19(13)25-12-24-20(18(21(25)27)22(28)30-4)23-11-15-5-7-17(29-3)8-6-15/h5-10,12,23,26H,11H2,1-4H3. The molecule has 0 aliphatic rings.